The van der Waals surface area contributed by atoms with Gasteiger partial charge in [-0.15, -0.1) is 0 Å². The van der Waals surface area contributed by atoms with Gasteiger partial charge in [0.2, 0.25) is 0 Å². The highest BCUT2D eigenvalue weighted by Gasteiger charge is 2.29. The molecule has 5 rings (SSSR count). The summed E-state index contributed by atoms with van der Waals surface area (Å²) < 4.78 is 0. The average Bonchev–Trinajstić information content (AvgIpc) is 3.12. The number of amidine groups is 1. The Bertz CT molecular complexity index is 1140. The highest BCUT2D eigenvalue weighted by molar-refractivity contribution is 6.26. The molecule has 0 saturated heterocycles. The normalized spacial score (nSPS) is 17.6. The molecule has 4 nitrogen and oxygen atoms in total. The number of nitrogens with zero attached hydrogens (tertiary/aromatic N) is 3. The summed E-state index contributed by atoms with van der Waals surface area (Å²) in [7, 11) is 0. The van der Waals surface area contributed by atoms with Crippen LogP contribution < -0.4 is 0 Å². The fourth-order valence-electron chi connectivity index (χ4n) is 3.51. The number of benzene rings is 3. The first-order chi connectivity index (χ1) is 13.2. The molecule has 3 aromatic rings. The van der Waals surface area contributed by atoms with Crippen molar-refractivity contribution in [1.82, 2.24) is 5.06 Å². The second-order valence-electron chi connectivity index (χ2n) is 6.67. The highest BCUT2D eigenvalue weighted by atomic mass is 16.5. The summed E-state index contributed by atoms with van der Waals surface area (Å²) in [4.78, 5) is 9.23. The van der Waals surface area contributed by atoms with Crippen molar-refractivity contribution < 1.29 is 5.21 Å². The van der Waals surface area contributed by atoms with E-state index in [1.54, 1.807) is 0 Å². The highest BCUT2D eigenvalue weighted by Crippen LogP contribution is 2.42. The van der Waals surface area contributed by atoms with Gasteiger partial charge in [0.15, 0.2) is 5.84 Å². The van der Waals surface area contributed by atoms with Gasteiger partial charge in [0, 0.05) is 28.5 Å². The van der Waals surface area contributed by atoms with Crippen molar-refractivity contribution in [3.05, 3.63) is 95.1 Å². The van der Waals surface area contributed by atoms with E-state index in [-0.39, 0.29) is 0 Å². The molecule has 2 aliphatic heterocycles. The van der Waals surface area contributed by atoms with E-state index in [9.17, 15) is 5.21 Å². The average molecular weight is 351 g/mol. The minimum absolute atomic E-state index is 0.508. The zero-order valence-electron chi connectivity index (χ0n) is 14.8. The fraction of sp³-hybridized carbons (Fsp3) is 0.0435. The maximum Gasteiger partial charge on any atom is 0.165 e. The van der Waals surface area contributed by atoms with E-state index in [2.05, 4.69) is 4.99 Å². The standard InChI is InChI=1S/C23H17N3O/c1-15-10-12-16(13-11-15)23-25-21-9-5-3-7-18(21)22(26(23)27)19-14-24-20-8-4-2-6-17(19)20/h2-14,27H,1H3. The Hall–Kier alpha value is -3.50. The van der Waals surface area contributed by atoms with E-state index in [0.717, 1.165) is 39.2 Å². The molecule has 0 radical (unpaired) electrons. The smallest absolute Gasteiger partial charge is 0.165 e. The summed E-state index contributed by atoms with van der Waals surface area (Å²) in [5.41, 5.74) is 7.24. The Morgan fingerprint density at radius 2 is 1.44 bits per heavy atom. The Balaban J connectivity index is 1.76. The van der Waals surface area contributed by atoms with Gasteiger partial charge in [0.25, 0.3) is 0 Å². The van der Waals surface area contributed by atoms with E-state index in [1.165, 1.54) is 5.06 Å². The van der Waals surface area contributed by atoms with Crippen LogP contribution in [0.3, 0.4) is 0 Å². The van der Waals surface area contributed by atoms with E-state index in [0.29, 0.717) is 11.5 Å². The number of para-hydroxylation sites is 2. The van der Waals surface area contributed by atoms with Crippen LogP contribution in [-0.2, 0) is 0 Å². The summed E-state index contributed by atoms with van der Waals surface area (Å²) in [6, 6.07) is 23.8. The number of allylic oxidation sites excluding steroid dienone is 1. The van der Waals surface area contributed by atoms with Gasteiger partial charge in [0.1, 0.15) is 0 Å². The number of hydrogen-bond donors (Lipinski definition) is 1. The van der Waals surface area contributed by atoms with E-state index in [1.807, 2.05) is 85.9 Å². The van der Waals surface area contributed by atoms with Gasteiger partial charge < -0.3 is 0 Å². The topological polar surface area (TPSA) is 48.2 Å². The van der Waals surface area contributed by atoms with Crippen molar-refractivity contribution in [3.8, 4) is 0 Å². The van der Waals surface area contributed by atoms with Gasteiger partial charge >= 0.3 is 0 Å². The first-order valence-corrected chi connectivity index (χ1v) is 8.84. The van der Waals surface area contributed by atoms with Crippen molar-refractivity contribution >= 4 is 34.7 Å². The maximum absolute atomic E-state index is 11.2. The lowest BCUT2D eigenvalue weighted by molar-refractivity contribution is 0.0512. The lowest BCUT2D eigenvalue weighted by Gasteiger charge is -2.29. The predicted molar refractivity (Wildman–Crippen MR) is 109 cm³/mol. The first-order valence-electron chi connectivity index (χ1n) is 8.84. The lowest BCUT2D eigenvalue weighted by Crippen LogP contribution is -2.30. The van der Waals surface area contributed by atoms with Gasteiger partial charge in [-0.1, -0.05) is 66.2 Å². The van der Waals surface area contributed by atoms with Crippen LogP contribution in [0.25, 0.3) is 11.3 Å². The Labute approximate surface area is 157 Å². The quantitative estimate of drug-likeness (QED) is 0.641. The SMILES string of the molecule is Cc1ccc(C2=Nc3ccccc3C(=C3C=Nc4ccccc43)N2O)cc1. The molecule has 4 heteroatoms. The molecule has 130 valence electrons. The number of fused-ring (bicyclic) bond motifs is 2. The monoisotopic (exact) mass is 351 g/mol. The molecule has 0 fully saturated rings. The van der Waals surface area contributed by atoms with Crippen LogP contribution in [0.2, 0.25) is 0 Å². The minimum atomic E-state index is 0.508. The lowest BCUT2D eigenvalue weighted by atomic mass is 9.97. The van der Waals surface area contributed by atoms with Crippen LogP contribution in [0.1, 0.15) is 22.3 Å². The maximum atomic E-state index is 11.2. The summed E-state index contributed by atoms with van der Waals surface area (Å²) in [5.74, 6) is 0.508. The minimum Gasteiger partial charge on any atom is -0.282 e. The third kappa shape index (κ3) is 2.50. The van der Waals surface area contributed by atoms with Gasteiger partial charge in [-0.25, -0.2) is 10.1 Å². The van der Waals surface area contributed by atoms with Crippen LogP contribution >= 0.6 is 0 Å². The molecule has 3 aromatic carbocycles. The van der Waals surface area contributed by atoms with Crippen molar-refractivity contribution in [3.63, 3.8) is 0 Å². The van der Waals surface area contributed by atoms with Gasteiger partial charge in [-0.05, 0) is 19.1 Å². The molecule has 2 heterocycles. The molecule has 0 saturated carbocycles. The third-order valence-corrected chi connectivity index (χ3v) is 4.89. The van der Waals surface area contributed by atoms with E-state index in [4.69, 9.17) is 4.99 Å². The van der Waals surface area contributed by atoms with E-state index >= 15 is 0 Å². The van der Waals surface area contributed by atoms with Crippen molar-refractivity contribution in [2.24, 2.45) is 9.98 Å². The van der Waals surface area contributed by atoms with Gasteiger partial charge in [-0.2, -0.15) is 0 Å². The second-order valence-corrected chi connectivity index (χ2v) is 6.67. The number of hydrogen-bond acceptors (Lipinski definition) is 4. The number of hydroxylamine groups is 2. The molecular formula is C23H17N3O. The first kappa shape index (κ1) is 15.7. The zero-order chi connectivity index (χ0) is 18.4. The second kappa shape index (κ2) is 6.04. The number of aliphatic imine (C=N–C) groups is 2. The van der Waals surface area contributed by atoms with E-state index < -0.39 is 0 Å². The molecule has 0 amide bonds. The molecule has 2 aliphatic rings. The van der Waals surface area contributed by atoms with Crippen molar-refractivity contribution in [2.45, 2.75) is 6.92 Å². The molecular weight excluding hydrogens is 334 g/mol. The third-order valence-electron chi connectivity index (χ3n) is 4.89. The summed E-state index contributed by atoms with van der Waals surface area (Å²) in [6.07, 6.45) is 1.82. The Morgan fingerprint density at radius 1 is 0.778 bits per heavy atom. The van der Waals surface area contributed by atoms with Crippen molar-refractivity contribution in [1.29, 1.82) is 0 Å². The Kier molecular flexibility index (Phi) is 3.52. The summed E-state index contributed by atoms with van der Waals surface area (Å²) >= 11 is 0. The fourth-order valence-corrected chi connectivity index (χ4v) is 3.51. The largest absolute Gasteiger partial charge is 0.282 e. The molecule has 0 bridgehead atoms. The van der Waals surface area contributed by atoms with Gasteiger partial charge in [0.05, 0.1) is 17.1 Å². The summed E-state index contributed by atoms with van der Waals surface area (Å²) in [5, 5.41) is 12.4. The van der Waals surface area contributed by atoms with Crippen LogP contribution in [0.5, 0.6) is 0 Å². The molecule has 27 heavy (non-hydrogen) atoms. The molecule has 0 aliphatic carbocycles. The molecule has 0 atom stereocenters. The Morgan fingerprint density at radius 3 is 2.22 bits per heavy atom. The number of aryl methyl sites for hydroxylation is 1. The predicted octanol–water partition coefficient (Wildman–Crippen LogP) is 5.36. The molecule has 1 N–H and O–H groups in total. The molecule has 0 spiro atoms. The zero-order valence-corrected chi connectivity index (χ0v) is 14.8. The molecule has 0 unspecified atom stereocenters. The number of rotatable bonds is 1. The van der Waals surface area contributed by atoms with Crippen LogP contribution in [0, 0.1) is 6.92 Å². The summed E-state index contributed by atoms with van der Waals surface area (Å²) in [6.45, 7) is 2.04. The van der Waals surface area contributed by atoms with Crippen LogP contribution in [0.4, 0.5) is 11.4 Å². The van der Waals surface area contributed by atoms with Crippen LogP contribution in [0.15, 0.2) is 82.8 Å². The van der Waals surface area contributed by atoms with Gasteiger partial charge in [-0.3, -0.25) is 10.2 Å². The molecule has 0 aromatic heterocycles. The van der Waals surface area contributed by atoms with Crippen LogP contribution in [-0.4, -0.2) is 22.3 Å². The van der Waals surface area contributed by atoms with Crippen molar-refractivity contribution in [2.75, 3.05) is 0 Å².